The van der Waals surface area contributed by atoms with E-state index < -0.39 is 29.9 Å². The summed E-state index contributed by atoms with van der Waals surface area (Å²) in [4.78, 5) is 8.90. The predicted molar refractivity (Wildman–Crippen MR) is 107 cm³/mol. The second-order valence-corrected chi connectivity index (χ2v) is 6.89. The Morgan fingerprint density at radius 1 is 1.00 bits per heavy atom. The lowest BCUT2D eigenvalue weighted by Crippen LogP contribution is -2.32. The summed E-state index contributed by atoms with van der Waals surface area (Å²) >= 11 is 0. The number of fused-ring (bicyclic) bond motifs is 1. The van der Waals surface area contributed by atoms with Gasteiger partial charge < -0.3 is 19.9 Å². The third kappa shape index (κ3) is 6.77. The number of halogens is 6. The third-order valence-corrected chi connectivity index (χ3v) is 4.68. The van der Waals surface area contributed by atoms with Crippen molar-refractivity contribution < 1.29 is 45.7 Å². The first-order valence-corrected chi connectivity index (χ1v) is 10.0. The van der Waals surface area contributed by atoms with Gasteiger partial charge in [-0.1, -0.05) is 18.2 Å². The number of hydrogen-bond acceptors (Lipinski definition) is 4. The van der Waals surface area contributed by atoms with Crippen LogP contribution in [-0.4, -0.2) is 37.0 Å². The van der Waals surface area contributed by atoms with Gasteiger partial charge in [0.1, 0.15) is 0 Å². The number of ether oxygens (including phenoxy) is 2. The number of alkyl halides is 6. The lowest BCUT2D eigenvalue weighted by molar-refractivity contribution is -0.192. The summed E-state index contributed by atoms with van der Waals surface area (Å²) < 4.78 is 83.5. The summed E-state index contributed by atoms with van der Waals surface area (Å²) in [5.41, 5.74) is 1.40. The molecule has 1 unspecified atom stereocenters. The van der Waals surface area contributed by atoms with Crippen LogP contribution in [0.25, 0.3) is 0 Å². The number of carboxylic acid groups (broad SMARTS) is 1. The molecule has 0 aliphatic carbocycles. The molecule has 0 fully saturated rings. The summed E-state index contributed by atoms with van der Waals surface area (Å²) in [7, 11) is 0. The summed E-state index contributed by atoms with van der Waals surface area (Å²) in [5, 5.41) is 10.4. The highest BCUT2D eigenvalue weighted by atomic mass is 19.4. The van der Waals surface area contributed by atoms with Gasteiger partial charge >= 0.3 is 18.3 Å². The first-order valence-electron chi connectivity index (χ1n) is 10.0. The van der Waals surface area contributed by atoms with E-state index in [0.717, 1.165) is 23.6 Å². The van der Waals surface area contributed by atoms with Crippen molar-refractivity contribution in [3.8, 4) is 11.5 Å². The van der Waals surface area contributed by atoms with Crippen molar-refractivity contribution in [2.24, 2.45) is 0 Å². The SMILES string of the molecule is CCOc1cc2c(cc1OCC)C(c1ccccc1C(F)(F)F)NCC2.O=C(O)C(F)(F)F. The fourth-order valence-corrected chi connectivity index (χ4v) is 3.39. The highest BCUT2D eigenvalue weighted by molar-refractivity contribution is 5.73. The van der Waals surface area contributed by atoms with Gasteiger partial charge in [0.05, 0.1) is 24.8 Å². The molecule has 182 valence electrons. The van der Waals surface area contributed by atoms with E-state index in [1.807, 2.05) is 26.0 Å². The van der Waals surface area contributed by atoms with Gasteiger partial charge in [0, 0.05) is 6.54 Å². The van der Waals surface area contributed by atoms with E-state index in [0.29, 0.717) is 31.3 Å². The van der Waals surface area contributed by atoms with Gasteiger partial charge in [0.25, 0.3) is 0 Å². The molecule has 1 aliphatic rings. The standard InChI is InChI=1S/C20H22F3NO2.C2HF3O2/c1-3-25-17-11-13-9-10-24-19(15(13)12-18(17)26-4-2)14-7-5-6-8-16(14)20(21,22)23;3-2(4,5)1(6)7/h5-8,11-12,19,24H,3-4,9-10H2,1-2H3;(H,6,7). The highest BCUT2D eigenvalue weighted by Gasteiger charge is 2.38. The smallest absolute Gasteiger partial charge is 0.490 e. The molecule has 1 heterocycles. The Morgan fingerprint density at radius 2 is 1.55 bits per heavy atom. The molecule has 5 nitrogen and oxygen atoms in total. The van der Waals surface area contributed by atoms with Crippen molar-refractivity contribution in [1.29, 1.82) is 0 Å². The van der Waals surface area contributed by atoms with Crippen LogP contribution >= 0.6 is 0 Å². The molecule has 1 atom stereocenters. The van der Waals surface area contributed by atoms with Crippen LogP contribution in [0.1, 0.15) is 42.1 Å². The molecule has 2 N–H and O–H groups in total. The number of benzene rings is 2. The van der Waals surface area contributed by atoms with Crippen LogP contribution in [0, 0.1) is 0 Å². The molecule has 2 aromatic carbocycles. The number of rotatable bonds is 5. The van der Waals surface area contributed by atoms with Gasteiger partial charge in [-0.2, -0.15) is 26.3 Å². The van der Waals surface area contributed by atoms with E-state index in [1.54, 1.807) is 6.07 Å². The van der Waals surface area contributed by atoms with Gasteiger partial charge in [0.15, 0.2) is 11.5 Å². The van der Waals surface area contributed by atoms with Crippen LogP contribution in [0.3, 0.4) is 0 Å². The molecule has 0 amide bonds. The minimum atomic E-state index is -5.08. The molecular weight excluding hydrogens is 456 g/mol. The van der Waals surface area contributed by atoms with Crippen LogP contribution in [0.2, 0.25) is 0 Å². The van der Waals surface area contributed by atoms with E-state index >= 15 is 0 Å². The van der Waals surface area contributed by atoms with E-state index in [2.05, 4.69) is 5.32 Å². The average molecular weight is 479 g/mol. The maximum Gasteiger partial charge on any atom is 0.490 e. The van der Waals surface area contributed by atoms with Gasteiger partial charge in [-0.15, -0.1) is 0 Å². The lowest BCUT2D eigenvalue weighted by Gasteiger charge is -2.30. The first-order chi connectivity index (χ1) is 15.4. The Labute approximate surface area is 186 Å². The molecule has 2 aromatic rings. The van der Waals surface area contributed by atoms with Crippen LogP contribution in [0.4, 0.5) is 26.3 Å². The molecule has 33 heavy (non-hydrogen) atoms. The fraction of sp³-hybridized carbons (Fsp3) is 0.409. The van der Waals surface area contributed by atoms with Crippen molar-refractivity contribution >= 4 is 5.97 Å². The molecule has 0 aromatic heterocycles. The highest BCUT2D eigenvalue weighted by Crippen LogP contribution is 2.41. The molecule has 11 heteroatoms. The van der Waals surface area contributed by atoms with Crippen LogP contribution in [0.15, 0.2) is 36.4 Å². The van der Waals surface area contributed by atoms with E-state index in [4.69, 9.17) is 19.4 Å². The number of carboxylic acids is 1. The van der Waals surface area contributed by atoms with Crippen molar-refractivity contribution in [1.82, 2.24) is 5.32 Å². The fourth-order valence-electron chi connectivity index (χ4n) is 3.39. The molecule has 0 saturated carbocycles. The Morgan fingerprint density at radius 3 is 2.06 bits per heavy atom. The molecule has 0 radical (unpaired) electrons. The normalized spacial score (nSPS) is 15.7. The minimum Gasteiger partial charge on any atom is -0.490 e. The number of hydrogen-bond donors (Lipinski definition) is 2. The van der Waals surface area contributed by atoms with Gasteiger partial charge in [-0.25, -0.2) is 4.79 Å². The molecular formula is C22H23F6NO4. The van der Waals surface area contributed by atoms with E-state index in [9.17, 15) is 26.3 Å². The Balaban J connectivity index is 0.000000479. The van der Waals surface area contributed by atoms with Crippen molar-refractivity contribution in [2.45, 2.75) is 38.7 Å². The minimum absolute atomic E-state index is 0.229. The Kier molecular flexibility index (Phi) is 8.59. The first kappa shape index (κ1) is 26.3. The molecule has 0 spiro atoms. The second kappa shape index (κ2) is 10.8. The number of nitrogens with one attached hydrogen (secondary N) is 1. The Hall–Kier alpha value is -2.95. The monoisotopic (exact) mass is 479 g/mol. The largest absolute Gasteiger partial charge is 0.490 e. The zero-order valence-electron chi connectivity index (χ0n) is 17.8. The molecule has 0 bridgehead atoms. The number of aliphatic carboxylic acids is 1. The van der Waals surface area contributed by atoms with Crippen molar-refractivity contribution in [3.63, 3.8) is 0 Å². The zero-order chi connectivity index (χ0) is 24.8. The van der Waals surface area contributed by atoms with Crippen LogP contribution in [0.5, 0.6) is 11.5 Å². The van der Waals surface area contributed by atoms with E-state index in [-0.39, 0.29) is 5.56 Å². The van der Waals surface area contributed by atoms with Crippen LogP contribution < -0.4 is 14.8 Å². The molecule has 0 saturated heterocycles. The molecule has 3 rings (SSSR count). The predicted octanol–water partition coefficient (Wildman–Crippen LogP) is 5.37. The summed E-state index contributed by atoms with van der Waals surface area (Å²) in [6.07, 6.45) is -8.75. The average Bonchev–Trinajstić information content (AvgIpc) is 2.73. The maximum atomic E-state index is 13.5. The van der Waals surface area contributed by atoms with Crippen molar-refractivity contribution in [2.75, 3.05) is 19.8 Å². The molecule has 1 aliphatic heterocycles. The van der Waals surface area contributed by atoms with Crippen molar-refractivity contribution in [3.05, 3.63) is 58.7 Å². The third-order valence-electron chi connectivity index (χ3n) is 4.68. The van der Waals surface area contributed by atoms with Gasteiger partial charge in [-0.05, 0) is 55.2 Å². The van der Waals surface area contributed by atoms with Crippen LogP contribution in [-0.2, 0) is 17.4 Å². The Bertz CT molecular complexity index is 959. The maximum absolute atomic E-state index is 13.5. The second-order valence-electron chi connectivity index (χ2n) is 6.89. The van der Waals surface area contributed by atoms with Gasteiger partial charge in [-0.3, -0.25) is 0 Å². The summed E-state index contributed by atoms with van der Waals surface area (Å²) in [5.74, 6) is -1.56. The zero-order valence-corrected chi connectivity index (χ0v) is 17.8. The topological polar surface area (TPSA) is 67.8 Å². The number of carbonyl (C=O) groups is 1. The summed E-state index contributed by atoms with van der Waals surface area (Å²) in [6.45, 7) is 5.31. The van der Waals surface area contributed by atoms with Gasteiger partial charge in [0.2, 0.25) is 0 Å². The quantitative estimate of drug-likeness (QED) is 0.565. The summed E-state index contributed by atoms with van der Waals surface area (Å²) in [6, 6.07) is 8.89. The lowest BCUT2D eigenvalue weighted by atomic mass is 9.87. The van der Waals surface area contributed by atoms with E-state index in [1.165, 1.54) is 12.1 Å².